The van der Waals surface area contributed by atoms with Gasteiger partial charge in [0.1, 0.15) is 0 Å². The summed E-state index contributed by atoms with van der Waals surface area (Å²) >= 11 is 0. The molecule has 0 aliphatic heterocycles. The second kappa shape index (κ2) is 6.72. The Morgan fingerprint density at radius 1 is 0.500 bits per heavy atom. The number of benzene rings is 3. The van der Waals surface area contributed by atoms with Gasteiger partial charge >= 0.3 is 0 Å². The first-order chi connectivity index (χ1) is 11.9. The Balaban J connectivity index is 1.72. The minimum Gasteiger partial charge on any atom is -0.0836 e. The van der Waals surface area contributed by atoms with Crippen LogP contribution in [-0.2, 0) is 0 Å². The maximum absolute atomic E-state index is 2.33. The zero-order chi connectivity index (χ0) is 16.2. The molecule has 0 aromatic heterocycles. The van der Waals surface area contributed by atoms with E-state index in [0.717, 1.165) is 12.8 Å². The Kier molecular flexibility index (Phi) is 4.12. The molecule has 0 amide bonds. The van der Waals surface area contributed by atoms with E-state index in [2.05, 4.69) is 97.1 Å². The monoisotopic (exact) mass is 308 g/mol. The largest absolute Gasteiger partial charge is 0.0836 e. The van der Waals surface area contributed by atoms with Crippen molar-refractivity contribution in [3.8, 4) is 22.3 Å². The lowest BCUT2D eigenvalue weighted by atomic mass is 9.92. The molecule has 0 saturated carbocycles. The third kappa shape index (κ3) is 2.96. The zero-order valence-corrected chi connectivity index (χ0v) is 13.7. The van der Waals surface area contributed by atoms with Gasteiger partial charge in [0.25, 0.3) is 0 Å². The van der Waals surface area contributed by atoms with Gasteiger partial charge in [0.2, 0.25) is 0 Å². The highest BCUT2D eigenvalue weighted by molar-refractivity contribution is 5.84. The third-order valence-electron chi connectivity index (χ3n) is 4.54. The summed E-state index contributed by atoms with van der Waals surface area (Å²) in [6.07, 6.45) is 9.12. The molecule has 3 aromatic carbocycles. The summed E-state index contributed by atoms with van der Waals surface area (Å²) in [4.78, 5) is 0. The van der Waals surface area contributed by atoms with Crippen LogP contribution in [0.4, 0.5) is 0 Å². The van der Waals surface area contributed by atoms with Crippen molar-refractivity contribution in [3.63, 3.8) is 0 Å². The lowest BCUT2D eigenvalue weighted by Gasteiger charge is -2.12. The lowest BCUT2D eigenvalue weighted by molar-refractivity contribution is 1.04. The molecule has 0 unspecified atom stereocenters. The smallest absolute Gasteiger partial charge is 0.0105 e. The topological polar surface area (TPSA) is 0 Å². The van der Waals surface area contributed by atoms with E-state index >= 15 is 0 Å². The average molecular weight is 308 g/mol. The van der Waals surface area contributed by atoms with Crippen LogP contribution >= 0.6 is 0 Å². The maximum Gasteiger partial charge on any atom is -0.0105 e. The van der Waals surface area contributed by atoms with Crippen LogP contribution in [0.15, 0.2) is 97.1 Å². The Hall–Kier alpha value is -2.86. The molecule has 0 atom stereocenters. The van der Waals surface area contributed by atoms with Gasteiger partial charge in [-0.15, -0.1) is 0 Å². The molecule has 0 saturated heterocycles. The van der Waals surface area contributed by atoms with E-state index in [1.165, 1.54) is 33.4 Å². The number of hydrogen-bond acceptors (Lipinski definition) is 0. The average Bonchev–Trinajstić information content (AvgIpc) is 2.69. The number of rotatable bonds is 3. The Bertz CT molecular complexity index is 881. The summed E-state index contributed by atoms with van der Waals surface area (Å²) in [5.74, 6) is 0. The van der Waals surface area contributed by atoms with E-state index in [9.17, 15) is 0 Å². The molecule has 0 nitrogen and oxygen atoms in total. The van der Waals surface area contributed by atoms with Gasteiger partial charge < -0.3 is 0 Å². The SMILES string of the molecule is C1=CC(c2ccc(-c3ccccc3-c3ccccc3)cc2)=CCC1. The Labute approximate surface area is 143 Å². The predicted molar refractivity (Wildman–Crippen MR) is 104 cm³/mol. The molecule has 1 aliphatic rings. The van der Waals surface area contributed by atoms with Crippen LogP contribution in [0.1, 0.15) is 18.4 Å². The molecule has 0 fully saturated rings. The number of allylic oxidation sites excluding steroid dienone is 4. The summed E-state index contributed by atoms with van der Waals surface area (Å²) in [5.41, 5.74) is 7.72. The highest BCUT2D eigenvalue weighted by atomic mass is 14.1. The maximum atomic E-state index is 2.33. The second-order valence-corrected chi connectivity index (χ2v) is 6.13. The van der Waals surface area contributed by atoms with Crippen LogP contribution in [0.3, 0.4) is 0 Å². The molecular weight excluding hydrogens is 288 g/mol. The fourth-order valence-electron chi connectivity index (χ4n) is 3.27. The van der Waals surface area contributed by atoms with Crippen LogP contribution in [-0.4, -0.2) is 0 Å². The van der Waals surface area contributed by atoms with Crippen LogP contribution < -0.4 is 0 Å². The van der Waals surface area contributed by atoms with Crippen molar-refractivity contribution in [3.05, 3.63) is 103 Å². The van der Waals surface area contributed by atoms with Gasteiger partial charge in [0.15, 0.2) is 0 Å². The van der Waals surface area contributed by atoms with Crippen molar-refractivity contribution in [2.75, 3.05) is 0 Å². The van der Waals surface area contributed by atoms with Gasteiger partial charge in [-0.1, -0.05) is 97.1 Å². The summed E-state index contributed by atoms with van der Waals surface area (Å²) in [5, 5.41) is 0. The van der Waals surface area contributed by atoms with Crippen molar-refractivity contribution in [1.82, 2.24) is 0 Å². The first-order valence-electron chi connectivity index (χ1n) is 8.54. The van der Waals surface area contributed by atoms with E-state index in [0.29, 0.717) is 0 Å². The highest BCUT2D eigenvalue weighted by Crippen LogP contribution is 2.33. The Morgan fingerprint density at radius 2 is 1.08 bits per heavy atom. The van der Waals surface area contributed by atoms with Crippen molar-refractivity contribution < 1.29 is 0 Å². The molecule has 0 spiro atoms. The number of hydrogen-bond donors (Lipinski definition) is 0. The van der Waals surface area contributed by atoms with E-state index in [-0.39, 0.29) is 0 Å². The van der Waals surface area contributed by atoms with Gasteiger partial charge in [0.05, 0.1) is 0 Å². The normalized spacial score (nSPS) is 13.6. The summed E-state index contributed by atoms with van der Waals surface area (Å²) in [6, 6.07) is 28.2. The van der Waals surface area contributed by atoms with Crippen molar-refractivity contribution in [2.45, 2.75) is 12.8 Å². The van der Waals surface area contributed by atoms with Gasteiger partial charge in [0, 0.05) is 0 Å². The minimum atomic E-state index is 1.14. The van der Waals surface area contributed by atoms with Crippen molar-refractivity contribution in [2.24, 2.45) is 0 Å². The van der Waals surface area contributed by atoms with E-state index in [1.54, 1.807) is 0 Å². The standard InChI is InChI=1S/C24H20/c1-3-9-19(10-4-1)20-15-17-22(18-16-20)24-14-8-7-13-23(24)21-11-5-2-6-12-21/h2-3,5-18H,1,4H2. The summed E-state index contributed by atoms with van der Waals surface area (Å²) in [7, 11) is 0. The van der Waals surface area contributed by atoms with Crippen LogP contribution in [0, 0.1) is 0 Å². The van der Waals surface area contributed by atoms with Crippen LogP contribution in [0.25, 0.3) is 27.8 Å². The summed E-state index contributed by atoms with van der Waals surface area (Å²) < 4.78 is 0. The third-order valence-corrected chi connectivity index (χ3v) is 4.54. The van der Waals surface area contributed by atoms with Gasteiger partial charge in [-0.05, 0) is 46.2 Å². The molecule has 0 N–H and O–H groups in total. The molecule has 0 heteroatoms. The lowest BCUT2D eigenvalue weighted by Crippen LogP contribution is -1.88. The van der Waals surface area contributed by atoms with Crippen molar-refractivity contribution in [1.29, 1.82) is 0 Å². The highest BCUT2D eigenvalue weighted by Gasteiger charge is 2.07. The fraction of sp³-hybridized carbons (Fsp3) is 0.0833. The molecule has 0 radical (unpaired) electrons. The first kappa shape index (κ1) is 14.7. The predicted octanol–water partition coefficient (Wildman–Crippen LogP) is 6.75. The quantitative estimate of drug-likeness (QED) is 0.502. The van der Waals surface area contributed by atoms with E-state index in [1.807, 2.05) is 0 Å². The molecule has 4 rings (SSSR count). The molecular formula is C24H20. The molecule has 0 bridgehead atoms. The molecule has 0 heterocycles. The van der Waals surface area contributed by atoms with Gasteiger partial charge in [-0.3, -0.25) is 0 Å². The van der Waals surface area contributed by atoms with Crippen molar-refractivity contribution >= 4 is 5.57 Å². The van der Waals surface area contributed by atoms with E-state index in [4.69, 9.17) is 0 Å². The van der Waals surface area contributed by atoms with Gasteiger partial charge in [-0.2, -0.15) is 0 Å². The van der Waals surface area contributed by atoms with Gasteiger partial charge in [-0.25, -0.2) is 0 Å². The summed E-state index contributed by atoms with van der Waals surface area (Å²) in [6.45, 7) is 0. The molecule has 3 aromatic rings. The molecule has 1 aliphatic carbocycles. The first-order valence-corrected chi connectivity index (χ1v) is 8.54. The minimum absolute atomic E-state index is 1.14. The van der Waals surface area contributed by atoms with Crippen LogP contribution in [0.2, 0.25) is 0 Å². The molecule has 24 heavy (non-hydrogen) atoms. The second-order valence-electron chi connectivity index (χ2n) is 6.13. The molecule has 116 valence electrons. The van der Waals surface area contributed by atoms with E-state index < -0.39 is 0 Å². The van der Waals surface area contributed by atoms with Crippen LogP contribution in [0.5, 0.6) is 0 Å². The fourth-order valence-corrected chi connectivity index (χ4v) is 3.27. The Morgan fingerprint density at radius 3 is 1.71 bits per heavy atom. The zero-order valence-electron chi connectivity index (χ0n) is 13.7.